The highest BCUT2D eigenvalue weighted by molar-refractivity contribution is 7.92. The third-order valence-corrected chi connectivity index (χ3v) is 5.07. The first kappa shape index (κ1) is 17.9. The number of rotatable bonds is 5. The fourth-order valence-electron chi connectivity index (χ4n) is 2.17. The van der Waals surface area contributed by atoms with E-state index >= 15 is 0 Å². The van der Waals surface area contributed by atoms with Gasteiger partial charge in [0.15, 0.2) is 0 Å². The normalized spacial score (nSPS) is 12.0. The average molecular weight is 347 g/mol. The van der Waals surface area contributed by atoms with Crippen LogP contribution >= 0.6 is 0 Å². The van der Waals surface area contributed by atoms with Gasteiger partial charge in [0.1, 0.15) is 0 Å². The number of hydrogen-bond donors (Lipinski definition) is 1. The zero-order valence-electron chi connectivity index (χ0n) is 13.9. The molecule has 1 aromatic carbocycles. The van der Waals surface area contributed by atoms with Crippen molar-refractivity contribution >= 4 is 21.6 Å². The SMILES string of the molecule is CC(C)(C)CN(c1cccnc1)S(=O)(=O)c1ccc(C(N)=O)cc1. The monoisotopic (exact) mass is 347 g/mol. The van der Waals surface area contributed by atoms with Gasteiger partial charge in [-0.1, -0.05) is 20.8 Å². The van der Waals surface area contributed by atoms with Crippen molar-refractivity contribution in [1.82, 2.24) is 4.98 Å². The van der Waals surface area contributed by atoms with E-state index in [1.165, 1.54) is 34.8 Å². The van der Waals surface area contributed by atoms with E-state index in [1.807, 2.05) is 20.8 Å². The van der Waals surface area contributed by atoms with E-state index in [9.17, 15) is 13.2 Å². The fourth-order valence-corrected chi connectivity index (χ4v) is 3.84. The lowest BCUT2D eigenvalue weighted by molar-refractivity contribution is 0.1000. The first-order chi connectivity index (χ1) is 11.1. The lowest BCUT2D eigenvalue weighted by Crippen LogP contribution is -2.38. The quantitative estimate of drug-likeness (QED) is 0.899. The molecule has 0 atom stereocenters. The molecular weight excluding hydrogens is 326 g/mol. The molecular formula is C17H21N3O3S. The number of nitrogens with zero attached hydrogens (tertiary/aromatic N) is 2. The van der Waals surface area contributed by atoms with E-state index in [1.54, 1.807) is 18.3 Å². The highest BCUT2D eigenvalue weighted by atomic mass is 32.2. The van der Waals surface area contributed by atoms with E-state index in [0.717, 1.165) is 0 Å². The Morgan fingerprint density at radius 3 is 2.25 bits per heavy atom. The van der Waals surface area contributed by atoms with Crippen LogP contribution in [0, 0.1) is 5.41 Å². The number of hydrogen-bond acceptors (Lipinski definition) is 4. The van der Waals surface area contributed by atoms with E-state index in [0.29, 0.717) is 12.2 Å². The fraction of sp³-hybridized carbons (Fsp3) is 0.294. The van der Waals surface area contributed by atoms with Gasteiger partial charge in [-0.15, -0.1) is 0 Å². The van der Waals surface area contributed by atoms with E-state index in [-0.39, 0.29) is 15.9 Å². The summed E-state index contributed by atoms with van der Waals surface area (Å²) in [5, 5.41) is 0. The Kier molecular flexibility index (Phi) is 4.94. The van der Waals surface area contributed by atoms with Crippen molar-refractivity contribution in [1.29, 1.82) is 0 Å². The van der Waals surface area contributed by atoms with Gasteiger partial charge >= 0.3 is 0 Å². The molecule has 0 bridgehead atoms. The van der Waals surface area contributed by atoms with Gasteiger partial charge in [-0.25, -0.2) is 8.42 Å². The summed E-state index contributed by atoms with van der Waals surface area (Å²) >= 11 is 0. The summed E-state index contributed by atoms with van der Waals surface area (Å²) in [5.41, 5.74) is 5.70. The largest absolute Gasteiger partial charge is 0.366 e. The number of sulfonamides is 1. The number of carbonyl (C=O) groups is 1. The summed E-state index contributed by atoms with van der Waals surface area (Å²) in [4.78, 5) is 15.3. The van der Waals surface area contributed by atoms with Crippen LogP contribution in [0.4, 0.5) is 5.69 Å². The molecule has 0 saturated carbocycles. The molecule has 2 N–H and O–H groups in total. The summed E-state index contributed by atoms with van der Waals surface area (Å²) in [6.07, 6.45) is 3.11. The van der Waals surface area contributed by atoms with Crippen LogP contribution in [0.3, 0.4) is 0 Å². The van der Waals surface area contributed by atoms with Gasteiger partial charge in [-0.2, -0.15) is 0 Å². The Balaban J connectivity index is 2.49. The van der Waals surface area contributed by atoms with Gasteiger partial charge in [-0.05, 0) is 41.8 Å². The van der Waals surface area contributed by atoms with Crippen molar-refractivity contribution < 1.29 is 13.2 Å². The van der Waals surface area contributed by atoms with Crippen LogP contribution in [0.1, 0.15) is 31.1 Å². The molecule has 7 heteroatoms. The number of nitrogens with two attached hydrogens (primary N) is 1. The molecule has 24 heavy (non-hydrogen) atoms. The second-order valence-corrected chi connectivity index (χ2v) is 8.53. The maximum Gasteiger partial charge on any atom is 0.264 e. The molecule has 0 radical (unpaired) electrons. The molecule has 0 aliphatic heterocycles. The molecule has 128 valence electrons. The van der Waals surface area contributed by atoms with Crippen LogP contribution in [-0.4, -0.2) is 25.9 Å². The maximum atomic E-state index is 13.1. The van der Waals surface area contributed by atoms with Crippen molar-refractivity contribution in [2.24, 2.45) is 11.1 Å². The third-order valence-electron chi connectivity index (χ3n) is 3.28. The Hall–Kier alpha value is -2.41. The van der Waals surface area contributed by atoms with Crippen LogP contribution in [0.25, 0.3) is 0 Å². The number of anilines is 1. The van der Waals surface area contributed by atoms with Crippen LogP contribution in [0.2, 0.25) is 0 Å². The number of carbonyl (C=O) groups excluding carboxylic acids is 1. The zero-order valence-corrected chi connectivity index (χ0v) is 14.7. The highest BCUT2D eigenvalue weighted by Crippen LogP contribution is 2.27. The van der Waals surface area contributed by atoms with Gasteiger partial charge in [0.25, 0.3) is 10.0 Å². The van der Waals surface area contributed by atoms with E-state index in [4.69, 9.17) is 5.73 Å². The molecule has 0 aliphatic carbocycles. The second-order valence-electron chi connectivity index (χ2n) is 6.67. The zero-order chi connectivity index (χ0) is 18.0. The molecule has 1 heterocycles. The van der Waals surface area contributed by atoms with E-state index < -0.39 is 15.9 Å². The van der Waals surface area contributed by atoms with Gasteiger partial charge in [-0.3, -0.25) is 14.1 Å². The number of pyridine rings is 1. The Bertz CT molecular complexity index is 810. The Labute approximate surface area is 142 Å². The molecule has 0 fully saturated rings. The van der Waals surface area contributed by atoms with Gasteiger partial charge in [0.2, 0.25) is 5.91 Å². The lowest BCUT2D eigenvalue weighted by atomic mass is 9.97. The van der Waals surface area contributed by atoms with Crippen molar-refractivity contribution in [2.45, 2.75) is 25.7 Å². The molecule has 0 saturated heterocycles. The topological polar surface area (TPSA) is 93.4 Å². The van der Waals surface area contributed by atoms with Crippen LogP contribution in [-0.2, 0) is 10.0 Å². The third kappa shape index (κ3) is 4.11. The minimum atomic E-state index is -3.79. The summed E-state index contributed by atoms with van der Waals surface area (Å²) in [6, 6.07) is 9.00. The molecule has 0 spiro atoms. The highest BCUT2D eigenvalue weighted by Gasteiger charge is 2.29. The predicted octanol–water partition coefficient (Wildman–Crippen LogP) is 2.42. The average Bonchev–Trinajstić information content (AvgIpc) is 2.52. The van der Waals surface area contributed by atoms with Crippen molar-refractivity contribution in [3.8, 4) is 0 Å². The summed E-state index contributed by atoms with van der Waals surface area (Å²) in [7, 11) is -3.79. The Morgan fingerprint density at radius 1 is 1.17 bits per heavy atom. The second kappa shape index (κ2) is 6.60. The summed E-state index contributed by atoms with van der Waals surface area (Å²) in [5.74, 6) is -0.599. The summed E-state index contributed by atoms with van der Waals surface area (Å²) < 4.78 is 27.5. The van der Waals surface area contributed by atoms with Crippen LogP contribution in [0.15, 0.2) is 53.7 Å². The van der Waals surface area contributed by atoms with E-state index in [2.05, 4.69) is 4.98 Å². The molecule has 1 amide bonds. The maximum absolute atomic E-state index is 13.1. The van der Waals surface area contributed by atoms with Crippen LogP contribution in [0.5, 0.6) is 0 Å². The molecule has 6 nitrogen and oxygen atoms in total. The molecule has 1 aromatic heterocycles. The van der Waals surface area contributed by atoms with Crippen LogP contribution < -0.4 is 10.0 Å². The molecule has 0 aliphatic rings. The number of benzene rings is 1. The standard InChI is InChI=1S/C17H21N3O3S/c1-17(2,3)12-20(14-5-4-10-19-11-14)24(22,23)15-8-6-13(7-9-15)16(18)21/h4-11H,12H2,1-3H3,(H2,18,21). The number of primary amides is 1. The summed E-state index contributed by atoms with van der Waals surface area (Å²) in [6.45, 7) is 6.17. The first-order valence-corrected chi connectivity index (χ1v) is 8.88. The van der Waals surface area contributed by atoms with Gasteiger partial charge in [0.05, 0.1) is 16.8 Å². The minimum absolute atomic E-state index is 0.0978. The Morgan fingerprint density at radius 2 is 1.79 bits per heavy atom. The first-order valence-electron chi connectivity index (χ1n) is 7.44. The molecule has 2 aromatic rings. The smallest absolute Gasteiger partial charge is 0.264 e. The van der Waals surface area contributed by atoms with Crippen molar-refractivity contribution in [2.75, 3.05) is 10.8 Å². The van der Waals surface area contributed by atoms with Crippen molar-refractivity contribution in [3.05, 3.63) is 54.4 Å². The lowest BCUT2D eigenvalue weighted by Gasteiger charge is -2.30. The number of amides is 1. The minimum Gasteiger partial charge on any atom is -0.366 e. The predicted molar refractivity (Wildman–Crippen MR) is 93.2 cm³/mol. The molecule has 2 rings (SSSR count). The number of aromatic nitrogens is 1. The molecule has 0 unspecified atom stereocenters. The van der Waals surface area contributed by atoms with Crippen molar-refractivity contribution in [3.63, 3.8) is 0 Å². The van der Waals surface area contributed by atoms with Gasteiger partial charge in [0, 0.05) is 18.3 Å². The van der Waals surface area contributed by atoms with Gasteiger partial charge < -0.3 is 5.73 Å².